The summed E-state index contributed by atoms with van der Waals surface area (Å²) in [7, 11) is 1.66. The van der Waals surface area contributed by atoms with E-state index in [1.165, 1.54) is 0 Å². The minimum absolute atomic E-state index is 0.0200. The second-order valence-corrected chi connectivity index (χ2v) is 6.14. The minimum atomic E-state index is -0.246. The Bertz CT molecular complexity index is 666. The third-order valence-electron chi connectivity index (χ3n) is 4.44. The van der Waals surface area contributed by atoms with Gasteiger partial charge in [0.1, 0.15) is 6.04 Å². The van der Waals surface area contributed by atoms with Crippen LogP contribution in [0.4, 0.5) is 5.69 Å². The molecule has 2 aromatic rings. The molecular weight excluding hydrogens is 300 g/mol. The molecule has 0 aliphatic carbocycles. The van der Waals surface area contributed by atoms with Gasteiger partial charge in [0.05, 0.1) is 6.61 Å². The second kappa shape index (κ2) is 8.08. The Kier molecular flexibility index (Phi) is 5.62. The molecule has 1 fully saturated rings. The van der Waals surface area contributed by atoms with Gasteiger partial charge in [-0.1, -0.05) is 48.5 Å². The van der Waals surface area contributed by atoms with Crippen molar-refractivity contribution in [2.24, 2.45) is 0 Å². The van der Waals surface area contributed by atoms with E-state index in [9.17, 15) is 4.79 Å². The molecule has 1 atom stereocenters. The monoisotopic (exact) mass is 324 g/mol. The summed E-state index contributed by atoms with van der Waals surface area (Å²) in [5.74, 6) is 0.0200. The largest absolute Gasteiger partial charge is 0.380 e. The maximum atomic E-state index is 13.1. The predicted molar refractivity (Wildman–Crippen MR) is 95.8 cm³/mol. The standard InChI is InChI=1S/C20H24N2O2/c1-24-15-17-11-5-6-12-18(17)21-20(23)19(22-13-7-8-14-22)16-9-3-2-4-10-16/h2-6,9-12,19H,7-8,13-15H2,1H3,(H,21,23). The Balaban J connectivity index is 1.84. The van der Waals surface area contributed by atoms with E-state index >= 15 is 0 Å². The summed E-state index contributed by atoms with van der Waals surface area (Å²) in [6, 6.07) is 17.6. The molecule has 3 rings (SSSR count). The first-order chi connectivity index (χ1) is 11.8. The Morgan fingerprint density at radius 2 is 1.75 bits per heavy atom. The maximum Gasteiger partial charge on any atom is 0.246 e. The van der Waals surface area contributed by atoms with Crippen LogP contribution in [0.1, 0.15) is 30.0 Å². The number of para-hydroxylation sites is 1. The van der Waals surface area contributed by atoms with Crippen molar-refractivity contribution in [3.05, 3.63) is 65.7 Å². The van der Waals surface area contributed by atoms with Gasteiger partial charge in [0.2, 0.25) is 5.91 Å². The third kappa shape index (κ3) is 3.83. The maximum absolute atomic E-state index is 13.1. The molecule has 1 unspecified atom stereocenters. The van der Waals surface area contributed by atoms with Crippen LogP contribution in [0.5, 0.6) is 0 Å². The van der Waals surface area contributed by atoms with E-state index in [0.717, 1.165) is 42.7 Å². The number of nitrogens with zero attached hydrogens (tertiary/aromatic N) is 1. The summed E-state index contributed by atoms with van der Waals surface area (Å²) < 4.78 is 5.23. The number of ether oxygens (including phenoxy) is 1. The molecular formula is C20H24N2O2. The highest BCUT2D eigenvalue weighted by atomic mass is 16.5. The summed E-state index contributed by atoms with van der Waals surface area (Å²) in [6.07, 6.45) is 2.30. The van der Waals surface area contributed by atoms with Gasteiger partial charge in [-0.3, -0.25) is 9.69 Å². The van der Waals surface area contributed by atoms with Gasteiger partial charge in [0, 0.05) is 18.4 Å². The average Bonchev–Trinajstić information content (AvgIpc) is 3.12. The van der Waals surface area contributed by atoms with E-state index in [1.54, 1.807) is 7.11 Å². The molecule has 0 bridgehead atoms. The van der Waals surface area contributed by atoms with Gasteiger partial charge < -0.3 is 10.1 Å². The van der Waals surface area contributed by atoms with E-state index in [-0.39, 0.29) is 11.9 Å². The van der Waals surface area contributed by atoms with Gasteiger partial charge in [0.15, 0.2) is 0 Å². The zero-order valence-corrected chi connectivity index (χ0v) is 14.1. The molecule has 1 aliphatic heterocycles. The van der Waals surface area contributed by atoms with Gasteiger partial charge >= 0.3 is 0 Å². The molecule has 1 aliphatic rings. The van der Waals surface area contributed by atoms with E-state index in [4.69, 9.17) is 4.74 Å². The molecule has 2 aromatic carbocycles. The summed E-state index contributed by atoms with van der Waals surface area (Å²) >= 11 is 0. The van der Waals surface area contributed by atoms with Crippen molar-refractivity contribution in [2.75, 3.05) is 25.5 Å². The Morgan fingerprint density at radius 1 is 1.08 bits per heavy atom. The summed E-state index contributed by atoms with van der Waals surface area (Å²) in [6.45, 7) is 2.41. The first kappa shape index (κ1) is 16.7. The number of benzene rings is 2. The van der Waals surface area contributed by atoms with Gasteiger partial charge in [-0.15, -0.1) is 0 Å². The van der Waals surface area contributed by atoms with Gasteiger partial charge in [-0.05, 0) is 37.6 Å². The molecule has 1 heterocycles. The highest BCUT2D eigenvalue weighted by Crippen LogP contribution is 2.27. The quantitative estimate of drug-likeness (QED) is 0.882. The topological polar surface area (TPSA) is 41.6 Å². The van der Waals surface area contributed by atoms with E-state index in [2.05, 4.69) is 10.2 Å². The fourth-order valence-electron chi connectivity index (χ4n) is 3.29. The van der Waals surface area contributed by atoms with Crippen LogP contribution in [-0.2, 0) is 16.1 Å². The molecule has 0 saturated carbocycles. The van der Waals surface area contributed by atoms with Crippen molar-refractivity contribution >= 4 is 11.6 Å². The number of carbonyl (C=O) groups is 1. The average molecular weight is 324 g/mol. The number of rotatable bonds is 6. The van der Waals surface area contributed by atoms with Crippen molar-refractivity contribution in [2.45, 2.75) is 25.5 Å². The van der Waals surface area contributed by atoms with Crippen molar-refractivity contribution < 1.29 is 9.53 Å². The summed E-state index contributed by atoms with van der Waals surface area (Å²) in [4.78, 5) is 15.3. The van der Waals surface area contributed by atoms with E-state index < -0.39 is 0 Å². The third-order valence-corrected chi connectivity index (χ3v) is 4.44. The van der Waals surface area contributed by atoms with Crippen LogP contribution in [0.2, 0.25) is 0 Å². The highest BCUT2D eigenvalue weighted by Gasteiger charge is 2.29. The van der Waals surface area contributed by atoms with Crippen molar-refractivity contribution in [3.8, 4) is 0 Å². The lowest BCUT2D eigenvalue weighted by molar-refractivity contribution is -0.121. The Morgan fingerprint density at radius 3 is 2.46 bits per heavy atom. The smallest absolute Gasteiger partial charge is 0.246 e. The summed E-state index contributed by atoms with van der Waals surface area (Å²) in [5.41, 5.74) is 2.85. The lowest BCUT2D eigenvalue weighted by Crippen LogP contribution is -2.35. The fraction of sp³-hybridized carbons (Fsp3) is 0.350. The van der Waals surface area contributed by atoms with Crippen molar-refractivity contribution in [1.82, 2.24) is 4.90 Å². The molecule has 0 radical (unpaired) electrons. The molecule has 1 amide bonds. The number of anilines is 1. The minimum Gasteiger partial charge on any atom is -0.380 e. The van der Waals surface area contributed by atoms with Gasteiger partial charge in [-0.25, -0.2) is 0 Å². The lowest BCUT2D eigenvalue weighted by atomic mass is 10.0. The van der Waals surface area contributed by atoms with Crippen molar-refractivity contribution in [1.29, 1.82) is 0 Å². The van der Waals surface area contributed by atoms with Crippen LogP contribution in [-0.4, -0.2) is 31.0 Å². The first-order valence-electron chi connectivity index (χ1n) is 8.46. The number of hydrogen-bond donors (Lipinski definition) is 1. The van der Waals surface area contributed by atoms with Gasteiger partial charge in [-0.2, -0.15) is 0 Å². The van der Waals surface area contributed by atoms with Gasteiger partial charge in [0.25, 0.3) is 0 Å². The fourth-order valence-corrected chi connectivity index (χ4v) is 3.29. The van der Waals surface area contributed by atoms with Crippen LogP contribution in [0.25, 0.3) is 0 Å². The van der Waals surface area contributed by atoms with Crippen LogP contribution in [0, 0.1) is 0 Å². The number of likely N-dealkylation sites (tertiary alicyclic amines) is 1. The Labute approximate surface area is 143 Å². The van der Waals surface area contributed by atoms with E-state index in [1.807, 2.05) is 54.6 Å². The lowest BCUT2D eigenvalue weighted by Gasteiger charge is -2.27. The first-order valence-corrected chi connectivity index (χ1v) is 8.46. The SMILES string of the molecule is COCc1ccccc1NC(=O)C(c1ccccc1)N1CCCC1. The molecule has 126 valence electrons. The summed E-state index contributed by atoms with van der Waals surface area (Å²) in [5, 5.41) is 3.11. The van der Waals surface area contributed by atoms with Crippen LogP contribution < -0.4 is 5.32 Å². The number of carbonyl (C=O) groups excluding carboxylic acids is 1. The molecule has 4 nitrogen and oxygen atoms in total. The zero-order valence-electron chi connectivity index (χ0n) is 14.1. The number of amides is 1. The normalized spacial score (nSPS) is 16.0. The van der Waals surface area contributed by atoms with Crippen LogP contribution in [0.15, 0.2) is 54.6 Å². The molecule has 1 N–H and O–H groups in total. The molecule has 0 aromatic heterocycles. The van der Waals surface area contributed by atoms with E-state index in [0.29, 0.717) is 6.61 Å². The number of hydrogen-bond acceptors (Lipinski definition) is 3. The second-order valence-electron chi connectivity index (χ2n) is 6.14. The molecule has 0 spiro atoms. The zero-order chi connectivity index (χ0) is 16.8. The molecule has 24 heavy (non-hydrogen) atoms. The highest BCUT2D eigenvalue weighted by molar-refractivity contribution is 5.96. The predicted octanol–water partition coefficient (Wildman–Crippen LogP) is 3.61. The van der Waals surface area contributed by atoms with Crippen LogP contribution >= 0.6 is 0 Å². The number of methoxy groups -OCH3 is 1. The molecule has 4 heteroatoms. The van der Waals surface area contributed by atoms with Crippen LogP contribution in [0.3, 0.4) is 0 Å². The van der Waals surface area contributed by atoms with Crippen molar-refractivity contribution in [3.63, 3.8) is 0 Å². The number of nitrogens with one attached hydrogen (secondary N) is 1. The molecule has 1 saturated heterocycles. The Hall–Kier alpha value is -2.17.